The number of aromatic nitrogens is 2. The number of nitrogens with one attached hydrogen (secondary N) is 2. The lowest BCUT2D eigenvalue weighted by Crippen LogP contribution is -2.14. The number of H-pyrrole nitrogens is 1. The molecule has 0 bridgehead atoms. The van der Waals surface area contributed by atoms with E-state index in [4.69, 9.17) is 16.0 Å². The Labute approximate surface area is 138 Å². The molecule has 0 unspecified atom stereocenters. The molecule has 0 spiro atoms. The van der Waals surface area contributed by atoms with Crippen molar-refractivity contribution < 1.29 is 12.8 Å². The van der Waals surface area contributed by atoms with Gasteiger partial charge in [0.2, 0.25) is 0 Å². The van der Waals surface area contributed by atoms with Crippen LogP contribution in [0.2, 0.25) is 5.02 Å². The molecule has 0 amide bonds. The summed E-state index contributed by atoms with van der Waals surface area (Å²) in [5.74, 6) is 0.699. The number of halogens is 1. The van der Waals surface area contributed by atoms with E-state index in [-0.39, 0.29) is 4.90 Å². The normalized spacial score (nSPS) is 11.6. The van der Waals surface area contributed by atoms with Gasteiger partial charge >= 0.3 is 0 Å². The molecule has 0 aliphatic heterocycles. The van der Waals surface area contributed by atoms with Crippen LogP contribution in [-0.4, -0.2) is 18.6 Å². The maximum atomic E-state index is 12.6. The number of aryl methyl sites for hydroxylation is 2. The van der Waals surface area contributed by atoms with Crippen LogP contribution in [0, 0.1) is 13.8 Å². The van der Waals surface area contributed by atoms with Gasteiger partial charge in [0.05, 0.1) is 5.69 Å². The number of furan rings is 1. The quantitative estimate of drug-likeness (QED) is 0.749. The first-order valence-corrected chi connectivity index (χ1v) is 8.62. The minimum atomic E-state index is -3.79. The fourth-order valence-corrected chi connectivity index (χ4v) is 3.64. The predicted molar refractivity (Wildman–Crippen MR) is 88.0 cm³/mol. The van der Waals surface area contributed by atoms with Gasteiger partial charge in [-0.15, -0.1) is 0 Å². The Morgan fingerprint density at radius 3 is 2.70 bits per heavy atom. The highest BCUT2D eigenvalue weighted by Gasteiger charge is 2.23. The summed E-state index contributed by atoms with van der Waals surface area (Å²) in [6.07, 6.45) is 1.56. The lowest BCUT2D eigenvalue weighted by Gasteiger charge is -2.10. The van der Waals surface area contributed by atoms with Crippen LogP contribution in [0.4, 0.5) is 5.69 Å². The first kappa shape index (κ1) is 15.6. The molecule has 120 valence electrons. The van der Waals surface area contributed by atoms with Gasteiger partial charge in [0.15, 0.2) is 5.76 Å². The SMILES string of the molecule is Cc1ccc(Cl)cc1NS(=O)(=O)c1cc(-c2ccn[nH]2)oc1C. The van der Waals surface area contributed by atoms with E-state index in [1.54, 1.807) is 44.3 Å². The molecular formula is C15H14ClN3O3S. The summed E-state index contributed by atoms with van der Waals surface area (Å²) in [6.45, 7) is 3.39. The molecule has 0 atom stereocenters. The van der Waals surface area contributed by atoms with Gasteiger partial charge in [0.25, 0.3) is 10.0 Å². The van der Waals surface area contributed by atoms with Crippen LogP contribution in [0.25, 0.3) is 11.5 Å². The molecule has 2 heterocycles. The average molecular weight is 352 g/mol. The summed E-state index contributed by atoms with van der Waals surface area (Å²) in [7, 11) is -3.79. The van der Waals surface area contributed by atoms with Gasteiger partial charge in [-0.2, -0.15) is 5.10 Å². The third-order valence-corrected chi connectivity index (χ3v) is 5.08. The monoisotopic (exact) mass is 351 g/mol. The van der Waals surface area contributed by atoms with Crippen LogP contribution in [-0.2, 0) is 10.0 Å². The highest BCUT2D eigenvalue weighted by molar-refractivity contribution is 7.92. The number of hydrogen-bond donors (Lipinski definition) is 2. The van der Waals surface area contributed by atoms with Crippen LogP contribution in [0.15, 0.2) is 45.8 Å². The molecule has 0 aliphatic rings. The first-order chi connectivity index (χ1) is 10.9. The largest absolute Gasteiger partial charge is 0.458 e. The number of benzene rings is 1. The van der Waals surface area contributed by atoms with E-state index < -0.39 is 10.0 Å². The maximum Gasteiger partial charge on any atom is 0.265 e. The molecule has 0 saturated carbocycles. The van der Waals surface area contributed by atoms with Gasteiger partial charge in [0.1, 0.15) is 16.3 Å². The average Bonchev–Trinajstić information content (AvgIpc) is 3.11. The highest BCUT2D eigenvalue weighted by Crippen LogP contribution is 2.29. The molecule has 1 aromatic carbocycles. The van der Waals surface area contributed by atoms with Crippen molar-refractivity contribution in [2.24, 2.45) is 0 Å². The fourth-order valence-electron chi connectivity index (χ4n) is 2.16. The Balaban J connectivity index is 1.98. The highest BCUT2D eigenvalue weighted by atomic mass is 35.5. The molecule has 6 nitrogen and oxygen atoms in total. The molecule has 0 saturated heterocycles. The molecule has 8 heteroatoms. The van der Waals surface area contributed by atoms with Gasteiger partial charge in [0, 0.05) is 17.3 Å². The zero-order valence-corrected chi connectivity index (χ0v) is 14.0. The Kier molecular flexibility index (Phi) is 3.91. The Morgan fingerprint density at radius 2 is 2.00 bits per heavy atom. The topological polar surface area (TPSA) is 88.0 Å². The summed E-state index contributed by atoms with van der Waals surface area (Å²) in [6, 6.07) is 8.18. The number of nitrogens with zero attached hydrogens (tertiary/aromatic N) is 1. The number of anilines is 1. The van der Waals surface area contributed by atoms with E-state index in [9.17, 15) is 8.42 Å². The number of hydrogen-bond acceptors (Lipinski definition) is 4. The van der Waals surface area contributed by atoms with Gasteiger partial charge in [-0.05, 0) is 37.6 Å². The van der Waals surface area contributed by atoms with Crippen molar-refractivity contribution in [3.63, 3.8) is 0 Å². The van der Waals surface area contributed by atoms with E-state index in [2.05, 4.69) is 14.9 Å². The van der Waals surface area contributed by atoms with Crippen molar-refractivity contribution in [3.05, 3.63) is 52.9 Å². The minimum absolute atomic E-state index is 0.0708. The first-order valence-electron chi connectivity index (χ1n) is 6.76. The summed E-state index contributed by atoms with van der Waals surface area (Å²) in [5.41, 5.74) is 1.81. The van der Waals surface area contributed by atoms with Crippen LogP contribution in [0.1, 0.15) is 11.3 Å². The van der Waals surface area contributed by atoms with E-state index in [0.717, 1.165) is 5.56 Å². The van der Waals surface area contributed by atoms with Crippen LogP contribution in [0.5, 0.6) is 0 Å². The Bertz CT molecular complexity index is 947. The third-order valence-electron chi connectivity index (χ3n) is 3.37. The van der Waals surface area contributed by atoms with Crippen LogP contribution >= 0.6 is 11.6 Å². The number of sulfonamides is 1. The maximum absolute atomic E-state index is 12.6. The second kappa shape index (κ2) is 5.75. The second-order valence-electron chi connectivity index (χ2n) is 5.07. The lowest BCUT2D eigenvalue weighted by atomic mass is 10.2. The lowest BCUT2D eigenvalue weighted by molar-refractivity contribution is 0.533. The summed E-state index contributed by atoms with van der Waals surface area (Å²) < 4.78 is 33.3. The van der Waals surface area contributed by atoms with Crippen molar-refractivity contribution in [1.29, 1.82) is 0 Å². The molecule has 0 aliphatic carbocycles. The van der Waals surface area contributed by atoms with Crippen molar-refractivity contribution in [2.75, 3.05) is 4.72 Å². The molecule has 0 radical (unpaired) electrons. The molecule has 3 rings (SSSR count). The second-order valence-corrected chi connectivity index (χ2v) is 7.15. The molecular weight excluding hydrogens is 338 g/mol. The zero-order valence-electron chi connectivity index (χ0n) is 12.4. The molecule has 23 heavy (non-hydrogen) atoms. The molecule has 3 aromatic rings. The number of aromatic amines is 1. The van der Waals surface area contributed by atoms with E-state index in [0.29, 0.717) is 27.9 Å². The zero-order chi connectivity index (χ0) is 16.6. The summed E-state index contributed by atoms with van der Waals surface area (Å²) >= 11 is 5.93. The Hall–Kier alpha value is -2.25. The predicted octanol–water partition coefficient (Wildman–Crippen LogP) is 3.74. The fraction of sp³-hybridized carbons (Fsp3) is 0.133. The smallest absolute Gasteiger partial charge is 0.265 e. The van der Waals surface area contributed by atoms with E-state index >= 15 is 0 Å². The third kappa shape index (κ3) is 3.11. The minimum Gasteiger partial charge on any atom is -0.458 e. The van der Waals surface area contributed by atoms with Gasteiger partial charge in [-0.25, -0.2) is 8.42 Å². The van der Waals surface area contributed by atoms with Crippen molar-refractivity contribution in [1.82, 2.24) is 10.2 Å². The van der Waals surface area contributed by atoms with Gasteiger partial charge in [-0.3, -0.25) is 9.82 Å². The van der Waals surface area contributed by atoms with Crippen molar-refractivity contribution in [3.8, 4) is 11.5 Å². The van der Waals surface area contributed by atoms with Crippen LogP contribution in [0.3, 0.4) is 0 Å². The summed E-state index contributed by atoms with van der Waals surface area (Å²) in [4.78, 5) is 0.0708. The number of rotatable bonds is 4. The van der Waals surface area contributed by atoms with Crippen molar-refractivity contribution in [2.45, 2.75) is 18.7 Å². The summed E-state index contributed by atoms with van der Waals surface area (Å²) in [5, 5.41) is 7.01. The van der Waals surface area contributed by atoms with Gasteiger partial charge < -0.3 is 4.42 Å². The van der Waals surface area contributed by atoms with Gasteiger partial charge in [-0.1, -0.05) is 17.7 Å². The molecule has 2 N–H and O–H groups in total. The molecule has 2 aromatic heterocycles. The molecule has 0 fully saturated rings. The Morgan fingerprint density at radius 1 is 1.22 bits per heavy atom. The standard InChI is InChI=1S/C15H14ClN3O3S/c1-9-3-4-11(16)7-13(9)19-23(20,21)15-8-14(22-10(15)2)12-5-6-17-18-12/h3-8,19H,1-2H3,(H,17,18). The van der Waals surface area contributed by atoms with E-state index in [1.165, 1.54) is 6.07 Å². The van der Waals surface area contributed by atoms with Crippen molar-refractivity contribution >= 4 is 27.3 Å². The van der Waals surface area contributed by atoms with E-state index in [1.807, 2.05) is 0 Å². The van der Waals surface area contributed by atoms with Crippen LogP contribution < -0.4 is 4.72 Å².